The lowest BCUT2D eigenvalue weighted by Gasteiger charge is -2.32. The van der Waals surface area contributed by atoms with Crippen LogP contribution in [-0.2, 0) is 6.54 Å². The van der Waals surface area contributed by atoms with Crippen LogP contribution < -0.4 is 20.7 Å². The van der Waals surface area contributed by atoms with Crippen molar-refractivity contribution in [3.8, 4) is 5.75 Å². The number of hydrogen-bond donors (Lipinski definition) is 4. The number of likely N-dealkylation sites (tertiary alicyclic amines) is 1. The quantitative estimate of drug-likeness (QED) is 0.612. The third kappa shape index (κ3) is 4.83. The van der Waals surface area contributed by atoms with Crippen LogP contribution in [0.4, 0.5) is 5.69 Å². The molecule has 6 heteroatoms. The summed E-state index contributed by atoms with van der Waals surface area (Å²) in [6.07, 6.45) is 0.788. The second-order valence-corrected chi connectivity index (χ2v) is 7.74. The molecule has 0 amide bonds. The van der Waals surface area contributed by atoms with Gasteiger partial charge < -0.3 is 15.2 Å². The molecule has 28 heavy (non-hydrogen) atoms. The fourth-order valence-corrected chi connectivity index (χ4v) is 3.97. The van der Waals surface area contributed by atoms with E-state index in [-0.39, 0.29) is 12.4 Å². The van der Waals surface area contributed by atoms with Gasteiger partial charge >= 0.3 is 0 Å². The van der Waals surface area contributed by atoms with E-state index in [4.69, 9.17) is 4.74 Å². The van der Waals surface area contributed by atoms with Gasteiger partial charge in [0.15, 0.2) is 0 Å². The Hall–Kier alpha value is -2.12. The summed E-state index contributed by atoms with van der Waals surface area (Å²) < 4.78 is 5.23. The van der Waals surface area contributed by atoms with Gasteiger partial charge in [-0.05, 0) is 41.8 Å². The molecule has 4 N–H and O–H groups in total. The van der Waals surface area contributed by atoms with Gasteiger partial charge in [-0.3, -0.25) is 15.5 Å². The smallest absolute Gasteiger partial charge is 0.132 e. The van der Waals surface area contributed by atoms with Gasteiger partial charge in [0.2, 0.25) is 0 Å². The maximum atomic E-state index is 9.65. The SMILES string of the molecule is COc1ccc(C2CNC(Nc3ccc(CN4CCC(O)C4)cc3)NC2)cc1. The van der Waals surface area contributed by atoms with Crippen LogP contribution in [0.25, 0.3) is 0 Å². The molecule has 2 aromatic rings. The normalized spacial score (nSPS) is 25.6. The summed E-state index contributed by atoms with van der Waals surface area (Å²) in [6, 6.07) is 16.9. The zero-order valence-corrected chi connectivity index (χ0v) is 16.4. The van der Waals surface area contributed by atoms with Crippen LogP contribution in [0.2, 0.25) is 0 Å². The molecule has 0 aromatic heterocycles. The van der Waals surface area contributed by atoms with E-state index in [0.29, 0.717) is 5.92 Å². The Morgan fingerprint density at radius 3 is 2.39 bits per heavy atom. The van der Waals surface area contributed by atoms with Crippen LogP contribution in [0.1, 0.15) is 23.5 Å². The van der Waals surface area contributed by atoms with Gasteiger partial charge in [-0.15, -0.1) is 0 Å². The molecule has 2 saturated heterocycles. The zero-order valence-electron chi connectivity index (χ0n) is 16.4. The van der Waals surface area contributed by atoms with Gasteiger partial charge in [0.1, 0.15) is 12.0 Å². The van der Waals surface area contributed by atoms with E-state index >= 15 is 0 Å². The average Bonchev–Trinajstić information content (AvgIpc) is 3.15. The molecule has 0 saturated carbocycles. The number of β-amino-alcohol motifs (C(OH)–C–C–N with tert-alkyl or cyclic N) is 1. The molecule has 0 spiro atoms. The van der Waals surface area contributed by atoms with Gasteiger partial charge in [-0.1, -0.05) is 24.3 Å². The maximum Gasteiger partial charge on any atom is 0.132 e. The first kappa shape index (κ1) is 19.2. The molecule has 0 aliphatic carbocycles. The van der Waals surface area contributed by atoms with Crippen molar-refractivity contribution in [2.75, 3.05) is 38.6 Å². The van der Waals surface area contributed by atoms with E-state index in [1.807, 2.05) is 12.1 Å². The van der Waals surface area contributed by atoms with E-state index in [1.54, 1.807) is 7.11 Å². The number of methoxy groups -OCH3 is 1. The number of anilines is 1. The first-order valence-corrected chi connectivity index (χ1v) is 10.1. The summed E-state index contributed by atoms with van der Waals surface area (Å²) in [6.45, 7) is 4.51. The zero-order chi connectivity index (χ0) is 19.3. The minimum atomic E-state index is -0.161. The van der Waals surface area contributed by atoms with Crippen molar-refractivity contribution < 1.29 is 9.84 Å². The number of rotatable bonds is 6. The van der Waals surface area contributed by atoms with Crippen LogP contribution in [-0.4, -0.2) is 55.7 Å². The Bertz CT molecular complexity index is 742. The number of nitrogens with zero attached hydrogens (tertiary/aromatic N) is 1. The number of hydrogen-bond acceptors (Lipinski definition) is 6. The summed E-state index contributed by atoms with van der Waals surface area (Å²) in [5.74, 6) is 1.34. The van der Waals surface area contributed by atoms with Gasteiger partial charge in [0.05, 0.1) is 13.2 Å². The summed E-state index contributed by atoms with van der Waals surface area (Å²) in [5.41, 5.74) is 3.69. The Morgan fingerprint density at radius 1 is 1.07 bits per heavy atom. The number of ether oxygens (including phenoxy) is 1. The predicted molar refractivity (Wildman–Crippen MR) is 111 cm³/mol. The highest BCUT2D eigenvalue weighted by atomic mass is 16.5. The fourth-order valence-electron chi connectivity index (χ4n) is 3.97. The Morgan fingerprint density at radius 2 is 1.79 bits per heavy atom. The minimum absolute atomic E-state index is 0.0640. The molecular formula is C22H30N4O2. The van der Waals surface area contributed by atoms with Gasteiger partial charge in [-0.2, -0.15) is 0 Å². The molecule has 6 nitrogen and oxygen atoms in total. The maximum absolute atomic E-state index is 9.65. The van der Waals surface area contributed by atoms with Crippen LogP contribution >= 0.6 is 0 Å². The monoisotopic (exact) mass is 382 g/mol. The molecule has 2 heterocycles. The Balaban J connectivity index is 1.25. The second-order valence-electron chi connectivity index (χ2n) is 7.74. The topological polar surface area (TPSA) is 68.8 Å². The first-order chi connectivity index (χ1) is 13.7. The van der Waals surface area contributed by atoms with Gasteiger partial charge in [0.25, 0.3) is 0 Å². The van der Waals surface area contributed by atoms with Crippen molar-refractivity contribution in [3.05, 3.63) is 59.7 Å². The standard InChI is InChI=1S/C22H30N4O2/c1-28-21-8-4-17(5-9-21)18-12-23-22(24-13-18)25-19-6-2-16(3-7-19)14-26-11-10-20(27)15-26/h2-9,18,20,22-25,27H,10-15H2,1H3. The van der Waals surface area contributed by atoms with E-state index in [1.165, 1.54) is 11.1 Å². The van der Waals surface area contributed by atoms with Crippen molar-refractivity contribution in [1.29, 1.82) is 0 Å². The molecule has 0 bridgehead atoms. The van der Waals surface area contributed by atoms with E-state index in [9.17, 15) is 5.11 Å². The lowest BCUT2D eigenvalue weighted by atomic mass is 9.97. The highest BCUT2D eigenvalue weighted by Gasteiger charge is 2.22. The molecule has 2 aliphatic heterocycles. The number of aliphatic hydroxyl groups is 1. The van der Waals surface area contributed by atoms with Crippen LogP contribution in [0.3, 0.4) is 0 Å². The molecule has 0 radical (unpaired) electrons. The minimum Gasteiger partial charge on any atom is -0.497 e. The molecule has 4 rings (SSSR count). The number of aliphatic hydroxyl groups excluding tert-OH is 1. The van der Waals surface area contributed by atoms with Gasteiger partial charge in [0, 0.05) is 44.3 Å². The number of nitrogens with one attached hydrogen (secondary N) is 3. The Labute approximate surface area is 166 Å². The highest BCUT2D eigenvalue weighted by Crippen LogP contribution is 2.21. The summed E-state index contributed by atoms with van der Waals surface area (Å²) in [7, 11) is 1.69. The largest absolute Gasteiger partial charge is 0.497 e. The molecule has 2 fully saturated rings. The molecular weight excluding hydrogens is 352 g/mol. The highest BCUT2D eigenvalue weighted by molar-refractivity contribution is 5.45. The van der Waals surface area contributed by atoms with E-state index in [0.717, 1.165) is 50.6 Å². The van der Waals surface area contributed by atoms with Crippen molar-refractivity contribution in [3.63, 3.8) is 0 Å². The number of benzene rings is 2. The van der Waals surface area contributed by atoms with Crippen molar-refractivity contribution in [1.82, 2.24) is 15.5 Å². The molecule has 1 unspecified atom stereocenters. The third-order valence-corrected chi connectivity index (χ3v) is 5.64. The summed E-state index contributed by atoms with van der Waals surface area (Å²) in [5, 5.41) is 20.2. The average molecular weight is 383 g/mol. The lowest BCUT2D eigenvalue weighted by molar-refractivity contribution is 0.175. The predicted octanol–water partition coefficient (Wildman–Crippen LogP) is 1.93. The molecule has 150 valence electrons. The van der Waals surface area contributed by atoms with Crippen LogP contribution in [0.5, 0.6) is 5.75 Å². The van der Waals surface area contributed by atoms with E-state index in [2.05, 4.69) is 57.2 Å². The van der Waals surface area contributed by atoms with Crippen molar-refractivity contribution in [2.45, 2.75) is 31.3 Å². The van der Waals surface area contributed by atoms with Gasteiger partial charge in [-0.25, -0.2) is 0 Å². The van der Waals surface area contributed by atoms with Crippen molar-refractivity contribution >= 4 is 5.69 Å². The third-order valence-electron chi connectivity index (χ3n) is 5.64. The van der Waals surface area contributed by atoms with Crippen molar-refractivity contribution in [2.24, 2.45) is 0 Å². The lowest BCUT2D eigenvalue weighted by Crippen LogP contribution is -2.55. The summed E-state index contributed by atoms with van der Waals surface area (Å²) >= 11 is 0. The van der Waals surface area contributed by atoms with E-state index < -0.39 is 0 Å². The molecule has 2 aliphatic rings. The molecule has 2 aromatic carbocycles. The van der Waals surface area contributed by atoms with Crippen LogP contribution in [0, 0.1) is 0 Å². The first-order valence-electron chi connectivity index (χ1n) is 10.1. The molecule has 1 atom stereocenters. The Kier molecular flexibility index (Phi) is 6.12. The fraction of sp³-hybridized carbons (Fsp3) is 0.455. The van der Waals surface area contributed by atoms with Crippen LogP contribution in [0.15, 0.2) is 48.5 Å². The summed E-state index contributed by atoms with van der Waals surface area (Å²) in [4.78, 5) is 2.30. The second kappa shape index (κ2) is 8.92.